The average Bonchev–Trinajstić information content (AvgIpc) is 3.32. The molecule has 0 spiro atoms. The van der Waals surface area contributed by atoms with E-state index >= 15 is 0 Å². The number of hydrogen-bond acceptors (Lipinski definition) is 8. The van der Waals surface area contributed by atoms with Gasteiger partial charge in [0.1, 0.15) is 5.82 Å². The molecule has 26 heavy (non-hydrogen) atoms. The first-order valence-electron chi connectivity index (χ1n) is 8.79. The average molecular weight is 357 g/mol. The fourth-order valence-corrected chi connectivity index (χ4v) is 3.25. The van der Waals surface area contributed by atoms with Crippen molar-refractivity contribution >= 4 is 17.4 Å². The van der Waals surface area contributed by atoms with E-state index in [0.717, 1.165) is 44.9 Å². The van der Waals surface area contributed by atoms with Gasteiger partial charge in [0.05, 0.1) is 12.9 Å². The largest absolute Gasteiger partial charge is 0.461 e. The van der Waals surface area contributed by atoms with Crippen molar-refractivity contribution in [2.75, 3.05) is 44.0 Å². The first-order valence-corrected chi connectivity index (χ1v) is 8.79. The lowest BCUT2D eigenvalue weighted by Crippen LogP contribution is -2.43. The summed E-state index contributed by atoms with van der Waals surface area (Å²) in [6, 6.07) is 6.06. The van der Waals surface area contributed by atoms with Gasteiger partial charge in [0.15, 0.2) is 11.4 Å². The molecule has 3 N–H and O–H groups in total. The Balaban J connectivity index is 1.49. The fourth-order valence-electron chi connectivity index (χ4n) is 3.25. The number of fused-ring (bicyclic) bond motifs is 1. The zero-order valence-electron chi connectivity index (χ0n) is 14.8. The zero-order valence-corrected chi connectivity index (χ0v) is 14.8. The van der Waals surface area contributed by atoms with Crippen molar-refractivity contribution in [3.05, 3.63) is 24.5 Å². The number of rotatable bonds is 6. The van der Waals surface area contributed by atoms with Crippen molar-refractivity contribution in [3.63, 3.8) is 0 Å². The van der Waals surface area contributed by atoms with Gasteiger partial charge in [-0.15, -0.1) is 5.10 Å². The Hall–Kier alpha value is -2.65. The van der Waals surface area contributed by atoms with E-state index in [0.29, 0.717) is 29.2 Å². The zero-order chi connectivity index (χ0) is 17.9. The van der Waals surface area contributed by atoms with E-state index in [-0.39, 0.29) is 0 Å². The number of piperidine rings is 1. The highest BCUT2D eigenvalue weighted by Gasteiger charge is 2.21. The number of nitrogen functional groups attached to an aromatic ring is 1. The van der Waals surface area contributed by atoms with Crippen LogP contribution in [0.1, 0.15) is 12.8 Å². The van der Waals surface area contributed by atoms with Gasteiger partial charge in [-0.05, 0) is 25.0 Å². The second-order valence-corrected chi connectivity index (χ2v) is 6.36. The van der Waals surface area contributed by atoms with Gasteiger partial charge in [-0.2, -0.15) is 9.50 Å². The van der Waals surface area contributed by atoms with Crippen molar-refractivity contribution in [1.82, 2.24) is 24.9 Å². The minimum Gasteiger partial charge on any atom is -0.461 e. The Labute approximate surface area is 151 Å². The number of anilines is 2. The van der Waals surface area contributed by atoms with E-state index in [2.05, 4.69) is 25.3 Å². The number of nitrogens with two attached hydrogens (primary N) is 1. The molecule has 3 aromatic heterocycles. The van der Waals surface area contributed by atoms with Gasteiger partial charge in [-0.3, -0.25) is 0 Å². The minimum absolute atomic E-state index is 0.322. The number of hydrogen-bond donors (Lipinski definition) is 2. The van der Waals surface area contributed by atoms with Crippen LogP contribution in [0.5, 0.6) is 0 Å². The maximum absolute atomic E-state index is 6.10. The van der Waals surface area contributed by atoms with Crippen molar-refractivity contribution in [1.29, 1.82) is 0 Å². The molecule has 4 heterocycles. The summed E-state index contributed by atoms with van der Waals surface area (Å²) in [5, 5.41) is 7.90. The lowest BCUT2D eigenvalue weighted by atomic mass is 10.1. The van der Waals surface area contributed by atoms with Crippen LogP contribution in [0.2, 0.25) is 0 Å². The van der Waals surface area contributed by atoms with Gasteiger partial charge in [-0.1, -0.05) is 0 Å². The Bertz CT molecular complexity index is 854. The number of furan rings is 1. The summed E-state index contributed by atoms with van der Waals surface area (Å²) in [5.74, 6) is 2.27. The number of methoxy groups -OCH3 is 1. The Morgan fingerprint density at radius 3 is 2.92 bits per heavy atom. The molecule has 0 amide bonds. The Morgan fingerprint density at radius 2 is 2.19 bits per heavy atom. The summed E-state index contributed by atoms with van der Waals surface area (Å²) in [5.41, 5.74) is 6.77. The first-order chi connectivity index (χ1) is 12.7. The minimum atomic E-state index is 0.322. The molecule has 4 rings (SSSR count). The number of aromatic nitrogens is 4. The van der Waals surface area contributed by atoms with E-state index in [1.165, 1.54) is 0 Å². The van der Waals surface area contributed by atoms with Gasteiger partial charge >= 0.3 is 0 Å². The molecule has 0 atom stereocenters. The third kappa shape index (κ3) is 3.35. The van der Waals surface area contributed by atoms with E-state index in [4.69, 9.17) is 14.9 Å². The van der Waals surface area contributed by atoms with Crippen LogP contribution < -0.4 is 16.0 Å². The number of ether oxygens (including phenoxy) is 1. The van der Waals surface area contributed by atoms with E-state index in [1.54, 1.807) is 24.0 Å². The van der Waals surface area contributed by atoms with Crippen LogP contribution in [0.15, 0.2) is 28.9 Å². The molecule has 0 unspecified atom stereocenters. The maximum atomic E-state index is 6.10. The van der Waals surface area contributed by atoms with Crippen LogP contribution in [-0.4, -0.2) is 59.0 Å². The van der Waals surface area contributed by atoms with Gasteiger partial charge < -0.3 is 25.1 Å². The Kier molecular flexibility index (Phi) is 4.72. The molecule has 9 nitrogen and oxygen atoms in total. The number of nitrogens with zero attached hydrogens (tertiary/aromatic N) is 5. The van der Waals surface area contributed by atoms with Gasteiger partial charge in [0.2, 0.25) is 11.8 Å². The molecule has 138 valence electrons. The SMILES string of the molecule is COCCNC1CCN(c2cc3nc(-c4ccco4)nn3c(N)n2)CC1. The van der Waals surface area contributed by atoms with Gasteiger partial charge in [0, 0.05) is 38.9 Å². The monoisotopic (exact) mass is 357 g/mol. The standard InChI is InChI=1S/C17H23N7O2/c1-25-10-6-19-12-4-7-23(8-5-12)14-11-15-20-16(13-3-2-9-26-13)22-24(15)17(18)21-14/h2-3,9,11-12,19H,4-8,10H2,1H3,(H2,18,21). The lowest BCUT2D eigenvalue weighted by Gasteiger charge is -2.33. The molecular weight excluding hydrogens is 334 g/mol. The molecule has 0 aliphatic carbocycles. The third-order valence-corrected chi connectivity index (χ3v) is 4.64. The second kappa shape index (κ2) is 7.30. The van der Waals surface area contributed by atoms with Crippen molar-refractivity contribution < 1.29 is 9.15 Å². The number of nitrogens with one attached hydrogen (secondary N) is 1. The van der Waals surface area contributed by atoms with Gasteiger partial charge in [0.25, 0.3) is 0 Å². The molecule has 0 saturated carbocycles. The summed E-state index contributed by atoms with van der Waals surface area (Å²) in [6.07, 6.45) is 3.71. The van der Waals surface area contributed by atoms with Crippen LogP contribution in [0.4, 0.5) is 11.8 Å². The normalized spacial score (nSPS) is 15.8. The summed E-state index contributed by atoms with van der Waals surface area (Å²) < 4.78 is 12.0. The quantitative estimate of drug-likeness (QED) is 0.633. The second-order valence-electron chi connectivity index (χ2n) is 6.36. The summed E-state index contributed by atoms with van der Waals surface area (Å²) in [6.45, 7) is 3.46. The van der Waals surface area contributed by atoms with Gasteiger partial charge in [-0.25, -0.2) is 4.98 Å². The van der Waals surface area contributed by atoms with Crippen LogP contribution in [0.3, 0.4) is 0 Å². The van der Waals surface area contributed by atoms with Crippen LogP contribution in [-0.2, 0) is 4.74 Å². The highest BCUT2D eigenvalue weighted by atomic mass is 16.5. The molecule has 9 heteroatoms. The van der Waals surface area contributed by atoms with Crippen molar-refractivity contribution in [2.45, 2.75) is 18.9 Å². The molecule has 1 aliphatic heterocycles. The lowest BCUT2D eigenvalue weighted by molar-refractivity contribution is 0.193. The summed E-state index contributed by atoms with van der Waals surface area (Å²) >= 11 is 0. The third-order valence-electron chi connectivity index (χ3n) is 4.64. The molecule has 3 aromatic rings. The van der Waals surface area contributed by atoms with E-state index < -0.39 is 0 Å². The van der Waals surface area contributed by atoms with Crippen molar-refractivity contribution in [2.24, 2.45) is 0 Å². The van der Waals surface area contributed by atoms with Crippen LogP contribution >= 0.6 is 0 Å². The molecule has 1 saturated heterocycles. The fraction of sp³-hybridized carbons (Fsp3) is 0.471. The van der Waals surface area contributed by atoms with E-state index in [9.17, 15) is 0 Å². The molecule has 1 aliphatic rings. The summed E-state index contributed by atoms with van der Waals surface area (Å²) in [7, 11) is 1.72. The van der Waals surface area contributed by atoms with E-state index in [1.807, 2.05) is 12.1 Å². The highest BCUT2D eigenvalue weighted by Crippen LogP contribution is 2.23. The highest BCUT2D eigenvalue weighted by molar-refractivity contribution is 5.59. The summed E-state index contributed by atoms with van der Waals surface area (Å²) in [4.78, 5) is 11.3. The molecular formula is C17H23N7O2. The van der Waals surface area contributed by atoms with Crippen LogP contribution in [0, 0.1) is 0 Å². The van der Waals surface area contributed by atoms with Crippen molar-refractivity contribution in [3.8, 4) is 11.6 Å². The smallest absolute Gasteiger partial charge is 0.225 e. The maximum Gasteiger partial charge on any atom is 0.225 e. The Morgan fingerprint density at radius 1 is 1.35 bits per heavy atom. The molecule has 1 fully saturated rings. The first kappa shape index (κ1) is 16.8. The molecule has 0 aromatic carbocycles. The molecule has 0 radical (unpaired) electrons. The predicted molar refractivity (Wildman–Crippen MR) is 98.0 cm³/mol. The van der Waals surface area contributed by atoms with Crippen LogP contribution in [0.25, 0.3) is 17.2 Å². The molecule has 0 bridgehead atoms. The topological polar surface area (TPSA) is 107 Å². The predicted octanol–water partition coefficient (Wildman–Crippen LogP) is 1.17.